The molecule has 0 unspecified atom stereocenters. The van der Waals surface area contributed by atoms with Crippen LogP contribution >= 0.6 is 34.8 Å². The lowest BCUT2D eigenvalue weighted by molar-refractivity contribution is 0.0904. The monoisotopic (exact) mass is 533 g/mol. The minimum absolute atomic E-state index is 0.116. The number of urea groups is 1. The summed E-state index contributed by atoms with van der Waals surface area (Å²) in [4.78, 5) is 27.4. The third-order valence-corrected chi connectivity index (χ3v) is 6.75. The normalized spacial score (nSPS) is 15.7. The van der Waals surface area contributed by atoms with Gasteiger partial charge in [0.05, 0.1) is 16.4 Å². The molecule has 7 nitrogen and oxygen atoms in total. The number of carbonyl (C=O) groups is 2. The van der Waals surface area contributed by atoms with E-state index in [0.29, 0.717) is 46.0 Å². The lowest BCUT2D eigenvalue weighted by atomic mass is 10.0. The highest BCUT2D eigenvalue weighted by Crippen LogP contribution is 2.33. The summed E-state index contributed by atoms with van der Waals surface area (Å²) < 4.78 is 1.66. The predicted octanol–water partition coefficient (Wildman–Crippen LogP) is 5.73. The smallest absolute Gasteiger partial charge is 0.317 e. The van der Waals surface area contributed by atoms with Crippen LogP contribution in [0.1, 0.15) is 35.8 Å². The van der Waals surface area contributed by atoms with Crippen LogP contribution in [-0.4, -0.2) is 52.3 Å². The van der Waals surface area contributed by atoms with E-state index in [9.17, 15) is 9.59 Å². The second-order valence-corrected chi connectivity index (χ2v) is 9.71. The molecule has 1 aliphatic rings. The van der Waals surface area contributed by atoms with Gasteiger partial charge in [0.15, 0.2) is 5.69 Å². The number of nitrogens with one attached hydrogen (secondary N) is 2. The minimum Gasteiger partial charge on any atom is -0.346 e. The minimum atomic E-state index is -0.302. The van der Waals surface area contributed by atoms with Gasteiger partial charge in [0.25, 0.3) is 5.91 Å². The first-order valence-corrected chi connectivity index (χ1v) is 12.6. The predicted molar refractivity (Wildman–Crippen MR) is 140 cm³/mol. The summed E-state index contributed by atoms with van der Waals surface area (Å²) in [6.07, 6.45) is 1.60. The third kappa shape index (κ3) is 5.58. The molecule has 4 rings (SSSR count). The molecule has 10 heteroatoms. The zero-order valence-corrected chi connectivity index (χ0v) is 21.7. The maximum absolute atomic E-state index is 13.4. The molecule has 0 radical (unpaired) electrons. The van der Waals surface area contributed by atoms with Crippen molar-refractivity contribution in [2.75, 3.05) is 19.6 Å². The van der Waals surface area contributed by atoms with Crippen molar-refractivity contribution in [3.8, 4) is 16.9 Å². The molecule has 0 aliphatic carbocycles. The first kappa shape index (κ1) is 25.4. The van der Waals surface area contributed by atoms with E-state index in [1.54, 1.807) is 39.9 Å². The largest absolute Gasteiger partial charge is 0.346 e. The Balaban J connectivity index is 1.68. The van der Waals surface area contributed by atoms with Crippen LogP contribution < -0.4 is 10.6 Å². The Hall–Kier alpha value is -2.74. The number of amides is 3. The number of hydrogen-bond acceptors (Lipinski definition) is 3. The Morgan fingerprint density at radius 3 is 2.49 bits per heavy atom. The number of piperidine rings is 1. The summed E-state index contributed by atoms with van der Waals surface area (Å²) in [6, 6.07) is 12.2. The highest BCUT2D eigenvalue weighted by atomic mass is 35.5. The number of carbonyl (C=O) groups excluding carboxylic acids is 2. The zero-order valence-electron chi connectivity index (χ0n) is 19.4. The van der Waals surface area contributed by atoms with Crippen molar-refractivity contribution in [1.29, 1.82) is 0 Å². The van der Waals surface area contributed by atoms with Crippen LogP contribution in [0.25, 0.3) is 16.9 Å². The van der Waals surface area contributed by atoms with E-state index in [1.165, 1.54) is 0 Å². The van der Waals surface area contributed by atoms with Crippen molar-refractivity contribution in [2.24, 2.45) is 0 Å². The zero-order chi connectivity index (χ0) is 25.1. The van der Waals surface area contributed by atoms with E-state index >= 15 is 0 Å². The number of nitrogens with zero attached hydrogens (tertiary/aromatic N) is 3. The molecule has 1 fully saturated rings. The second-order valence-electron chi connectivity index (χ2n) is 8.43. The topological polar surface area (TPSA) is 79.3 Å². The van der Waals surface area contributed by atoms with Gasteiger partial charge in [0.1, 0.15) is 0 Å². The van der Waals surface area contributed by atoms with Gasteiger partial charge in [-0.05, 0) is 57.0 Å². The lowest BCUT2D eigenvalue weighted by Gasteiger charge is -2.33. The van der Waals surface area contributed by atoms with Gasteiger partial charge in [-0.3, -0.25) is 4.79 Å². The molecule has 0 saturated carbocycles. The summed E-state index contributed by atoms with van der Waals surface area (Å²) in [5.41, 5.74) is 3.15. The molecule has 3 aromatic rings. The molecule has 0 bridgehead atoms. The molecule has 1 aromatic heterocycles. The van der Waals surface area contributed by atoms with Crippen LogP contribution in [0.2, 0.25) is 15.1 Å². The summed E-state index contributed by atoms with van der Waals surface area (Å²) in [5, 5.41) is 12.1. The van der Waals surface area contributed by atoms with Crippen LogP contribution in [0.5, 0.6) is 0 Å². The van der Waals surface area contributed by atoms with E-state index in [4.69, 9.17) is 34.8 Å². The maximum Gasteiger partial charge on any atom is 0.317 e. The van der Waals surface area contributed by atoms with Crippen LogP contribution in [0.3, 0.4) is 0 Å². The van der Waals surface area contributed by atoms with Crippen molar-refractivity contribution in [3.63, 3.8) is 0 Å². The first-order chi connectivity index (χ1) is 16.8. The van der Waals surface area contributed by atoms with Crippen LogP contribution in [0, 0.1) is 6.92 Å². The molecule has 1 saturated heterocycles. The number of hydrogen-bond donors (Lipinski definition) is 2. The van der Waals surface area contributed by atoms with Crippen molar-refractivity contribution in [1.82, 2.24) is 25.3 Å². The highest BCUT2D eigenvalue weighted by Gasteiger charge is 2.28. The lowest BCUT2D eigenvalue weighted by Crippen LogP contribution is -2.52. The van der Waals surface area contributed by atoms with Gasteiger partial charge in [-0.2, -0.15) is 5.10 Å². The highest BCUT2D eigenvalue weighted by molar-refractivity contribution is 6.35. The Kier molecular flexibility index (Phi) is 7.89. The van der Waals surface area contributed by atoms with E-state index in [1.807, 2.05) is 26.0 Å². The van der Waals surface area contributed by atoms with E-state index < -0.39 is 0 Å². The quantitative estimate of drug-likeness (QED) is 0.439. The summed E-state index contributed by atoms with van der Waals surface area (Å²) in [6.45, 7) is 5.41. The SMILES string of the molecule is CCNC(=O)N1CCC[C@@H](NC(=O)c2nn(-c3ccc(Cl)cc3Cl)c(-c3ccc(Cl)cc3)c2C)C1. The summed E-state index contributed by atoms with van der Waals surface area (Å²) in [5.74, 6) is -0.302. The maximum atomic E-state index is 13.4. The first-order valence-electron chi connectivity index (χ1n) is 11.4. The van der Waals surface area contributed by atoms with Gasteiger partial charge in [-0.15, -0.1) is 0 Å². The third-order valence-electron chi connectivity index (χ3n) is 5.96. The van der Waals surface area contributed by atoms with Gasteiger partial charge in [0, 0.05) is 46.8 Å². The molecule has 2 heterocycles. The van der Waals surface area contributed by atoms with Crippen LogP contribution in [0.15, 0.2) is 42.5 Å². The number of halogens is 3. The van der Waals surface area contributed by atoms with Gasteiger partial charge >= 0.3 is 6.03 Å². The standard InChI is InChI=1S/C25H26Cl3N5O2/c1-3-29-25(35)32-12-4-5-19(14-32)30-24(34)22-15(2)23(16-6-8-17(26)9-7-16)33(31-22)21-11-10-18(27)13-20(21)28/h6-11,13,19H,3-5,12,14H2,1-2H3,(H,29,35)(H,30,34)/t19-/m1/s1. The number of likely N-dealkylation sites (tertiary alicyclic amines) is 1. The molecule has 184 valence electrons. The van der Waals surface area contributed by atoms with Gasteiger partial charge in [-0.25, -0.2) is 9.48 Å². The molecule has 3 amide bonds. The fourth-order valence-corrected chi connectivity index (χ4v) is 4.90. The Bertz CT molecular complexity index is 1240. The molecule has 1 aliphatic heterocycles. The molecule has 2 N–H and O–H groups in total. The Morgan fingerprint density at radius 2 is 1.80 bits per heavy atom. The van der Waals surface area contributed by atoms with Crippen molar-refractivity contribution in [2.45, 2.75) is 32.7 Å². The van der Waals surface area contributed by atoms with Gasteiger partial charge in [-0.1, -0.05) is 46.9 Å². The van der Waals surface area contributed by atoms with Crippen molar-refractivity contribution in [3.05, 3.63) is 68.8 Å². The van der Waals surface area contributed by atoms with Crippen molar-refractivity contribution < 1.29 is 9.59 Å². The fourth-order valence-electron chi connectivity index (χ4n) is 4.28. The molecule has 1 atom stereocenters. The molecular weight excluding hydrogens is 509 g/mol. The fraction of sp³-hybridized carbons (Fsp3) is 0.320. The van der Waals surface area contributed by atoms with E-state index in [2.05, 4.69) is 15.7 Å². The van der Waals surface area contributed by atoms with Gasteiger partial charge < -0.3 is 15.5 Å². The van der Waals surface area contributed by atoms with Crippen molar-refractivity contribution >= 4 is 46.7 Å². The molecule has 2 aromatic carbocycles. The average Bonchev–Trinajstić information content (AvgIpc) is 3.17. The number of aromatic nitrogens is 2. The Morgan fingerprint density at radius 1 is 1.09 bits per heavy atom. The number of benzene rings is 2. The summed E-state index contributed by atoms with van der Waals surface area (Å²) >= 11 is 18.7. The molecular formula is C25H26Cl3N5O2. The second kappa shape index (κ2) is 10.9. The van der Waals surface area contributed by atoms with E-state index in [0.717, 1.165) is 24.1 Å². The van der Waals surface area contributed by atoms with Crippen LogP contribution in [0.4, 0.5) is 4.79 Å². The van der Waals surface area contributed by atoms with Crippen LogP contribution in [-0.2, 0) is 0 Å². The Labute approximate surface area is 219 Å². The molecule has 0 spiro atoms. The van der Waals surface area contributed by atoms with E-state index in [-0.39, 0.29) is 23.7 Å². The molecule has 35 heavy (non-hydrogen) atoms. The average molecular weight is 535 g/mol. The number of rotatable bonds is 5. The van der Waals surface area contributed by atoms with Gasteiger partial charge in [0.2, 0.25) is 0 Å². The summed E-state index contributed by atoms with van der Waals surface area (Å²) in [7, 11) is 0.